The van der Waals surface area contributed by atoms with Gasteiger partial charge < -0.3 is 15.0 Å². The largest absolute Gasteiger partial charge is 0.451 e. The Morgan fingerprint density at radius 2 is 1.74 bits per heavy atom. The van der Waals surface area contributed by atoms with Crippen molar-refractivity contribution in [3.8, 4) is 0 Å². The molecule has 0 fully saturated rings. The molecule has 19 heavy (non-hydrogen) atoms. The molecule has 0 radical (unpaired) electrons. The van der Waals surface area contributed by atoms with Crippen LogP contribution in [0.3, 0.4) is 0 Å². The Bertz CT molecular complexity index is 358. The summed E-state index contributed by atoms with van der Waals surface area (Å²) in [5, 5.41) is 2.78. The highest BCUT2D eigenvalue weighted by Gasteiger charge is 2.20. The maximum Gasteiger partial charge on any atom is 0.436 e. The SMILES string of the molecule is COC(=O)N=C(N(C)C)N(C)C(=O)NCC(C)(C)C. The standard InChI is InChI=1S/C12H24N4O3/c1-12(2,3)8-13-10(17)16(6)9(15(4)5)14-11(18)19-7/h8H2,1-7H3,(H,13,17). The molecular weight excluding hydrogens is 248 g/mol. The molecule has 1 N–H and O–H groups in total. The number of guanidine groups is 1. The van der Waals surface area contributed by atoms with E-state index < -0.39 is 6.09 Å². The van der Waals surface area contributed by atoms with Gasteiger partial charge in [0.25, 0.3) is 0 Å². The van der Waals surface area contributed by atoms with Gasteiger partial charge in [0.15, 0.2) is 0 Å². The van der Waals surface area contributed by atoms with E-state index in [0.717, 1.165) is 0 Å². The molecule has 0 aliphatic rings. The summed E-state index contributed by atoms with van der Waals surface area (Å²) in [5.41, 5.74) is -0.0196. The van der Waals surface area contributed by atoms with Gasteiger partial charge in [0.2, 0.25) is 5.96 Å². The molecule has 0 spiro atoms. The molecule has 0 unspecified atom stereocenters. The summed E-state index contributed by atoms with van der Waals surface area (Å²) in [6.07, 6.45) is -0.751. The number of nitrogens with one attached hydrogen (secondary N) is 1. The van der Waals surface area contributed by atoms with Crippen molar-refractivity contribution in [1.82, 2.24) is 15.1 Å². The fourth-order valence-corrected chi connectivity index (χ4v) is 1.15. The third kappa shape index (κ3) is 6.64. The fraction of sp³-hybridized carbons (Fsp3) is 0.750. The van der Waals surface area contributed by atoms with Gasteiger partial charge in [-0.15, -0.1) is 4.99 Å². The maximum absolute atomic E-state index is 12.0. The molecule has 0 rings (SSSR count). The van der Waals surface area contributed by atoms with E-state index in [1.807, 2.05) is 20.8 Å². The van der Waals surface area contributed by atoms with Crippen molar-refractivity contribution in [3.63, 3.8) is 0 Å². The molecule has 0 aromatic heterocycles. The Hall–Kier alpha value is -1.79. The molecule has 0 aliphatic carbocycles. The second-order valence-corrected chi connectivity index (χ2v) is 5.55. The van der Waals surface area contributed by atoms with E-state index in [2.05, 4.69) is 15.0 Å². The number of carbonyl (C=O) groups excluding carboxylic acids is 2. The van der Waals surface area contributed by atoms with Crippen molar-refractivity contribution in [2.45, 2.75) is 20.8 Å². The van der Waals surface area contributed by atoms with E-state index >= 15 is 0 Å². The minimum absolute atomic E-state index is 0.0196. The van der Waals surface area contributed by atoms with Crippen molar-refractivity contribution in [2.75, 3.05) is 34.8 Å². The quantitative estimate of drug-likeness (QED) is 0.577. The van der Waals surface area contributed by atoms with Gasteiger partial charge in [-0.05, 0) is 5.41 Å². The summed E-state index contributed by atoms with van der Waals surface area (Å²) in [6.45, 7) is 6.57. The van der Waals surface area contributed by atoms with Crippen LogP contribution in [-0.4, -0.2) is 62.7 Å². The van der Waals surface area contributed by atoms with Crippen molar-refractivity contribution >= 4 is 18.1 Å². The molecule has 0 aromatic carbocycles. The minimum atomic E-state index is -0.751. The summed E-state index contributed by atoms with van der Waals surface area (Å²) in [7, 11) is 6.16. The molecular formula is C12H24N4O3. The average Bonchev–Trinajstić information content (AvgIpc) is 2.30. The van der Waals surface area contributed by atoms with Gasteiger partial charge in [-0.1, -0.05) is 20.8 Å². The number of methoxy groups -OCH3 is 1. The second kappa shape index (κ2) is 6.96. The van der Waals surface area contributed by atoms with Crippen LogP contribution in [0.4, 0.5) is 9.59 Å². The zero-order valence-corrected chi connectivity index (χ0v) is 12.8. The highest BCUT2D eigenvalue weighted by atomic mass is 16.5. The fourth-order valence-electron chi connectivity index (χ4n) is 1.15. The Kier molecular flexibility index (Phi) is 6.31. The lowest BCUT2D eigenvalue weighted by Crippen LogP contribution is -2.48. The Morgan fingerprint density at radius 3 is 2.11 bits per heavy atom. The molecule has 0 saturated heterocycles. The van der Waals surface area contributed by atoms with Crippen molar-refractivity contribution in [1.29, 1.82) is 0 Å². The van der Waals surface area contributed by atoms with Crippen LogP contribution in [0.1, 0.15) is 20.8 Å². The van der Waals surface area contributed by atoms with Crippen LogP contribution in [0.25, 0.3) is 0 Å². The van der Waals surface area contributed by atoms with Gasteiger partial charge in [0, 0.05) is 27.7 Å². The van der Waals surface area contributed by atoms with Gasteiger partial charge in [-0.2, -0.15) is 0 Å². The van der Waals surface area contributed by atoms with E-state index in [0.29, 0.717) is 6.54 Å². The molecule has 7 nitrogen and oxygen atoms in total. The summed E-state index contributed by atoms with van der Waals surface area (Å²) >= 11 is 0. The zero-order valence-electron chi connectivity index (χ0n) is 12.8. The maximum atomic E-state index is 12.0. The molecule has 0 atom stereocenters. The van der Waals surface area contributed by atoms with E-state index in [4.69, 9.17) is 0 Å². The molecule has 0 aromatic rings. The molecule has 3 amide bonds. The first-order valence-corrected chi connectivity index (χ1v) is 5.94. The van der Waals surface area contributed by atoms with Crippen LogP contribution in [0.15, 0.2) is 4.99 Å². The van der Waals surface area contributed by atoms with E-state index in [9.17, 15) is 9.59 Å². The van der Waals surface area contributed by atoms with Crippen LogP contribution < -0.4 is 5.32 Å². The number of hydrogen-bond acceptors (Lipinski definition) is 3. The number of ether oxygens (including phenoxy) is 1. The number of aliphatic imine (C=N–C) groups is 1. The first kappa shape index (κ1) is 17.2. The van der Waals surface area contributed by atoms with Crippen LogP contribution >= 0.6 is 0 Å². The predicted octanol–water partition coefficient (Wildman–Crippen LogP) is 1.36. The third-order valence-corrected chi connectivity index (χ3v) is 2.14. The average molecular weight is 272 g/mol. The number of carbonyl (C=O) groups is 2. The predicted molar refractivity (Wildman–Crippen MR) is 74.1 cm³/mol. The number of rotatable bonds is 1. The number of urea groups is 1. The first-order chi connectivity index (χ1) is 8.58. The summed E-state index contributed by atoms with van der Waals surface area (Å²) in [5.74, 6) is 0.207. The van der Waals surface area contributed by atoms with Gasteiger partial charge >= 0.3 is 12.1 Å². The molecule has 7 heteroatoms. The van der Waals surface area contributed by atoms with E-state index in [1.165, 1.54) is 12.0 Å². The normalized spacial score (nSPS) is 11.8. The lowest BCUT2D eigenvalue weighted by atomic mass is 9.97. The van der Waals surface area contributed by atoms with Gasteiger partial charge in [0.1, 0.15) is 0 Å². The second-order valence-electron chi connectivity index (χ2n) is 5.55. The van der Waals surface area contributed by atoms with Crippen LogP contribution in [0.2, 0.25) is 0 Å². The van der Waals surface area contributed by atoms with Crippen LogP contribution in [0, 0.1) is 5.41 Å². The smallest absolute Gasteiger partial charge is 0.436 e. The molecule has 0 heterocycles. The van der Waals surface area contributed by atoms with E-state index in [-0.39, 0.29) is 17.4 Å². The monoisotopic (exact) mass is 272 g/mol. The summed E-state index contributed by atoms with van der Waals surface area (Å²) in [4.78, 5) is 29.7. The lowest BCUT2D eigenvalue weighted by Gasteiger charge is -2.26. The Balaban J connectivity index is 4.82. The van der Waals surface area contributed by atoms with Crippen molar-refractivity contribution in [2.24, 2.45) is 10.4 Å². The molecule has 110 valence electrons. The first-order valence-electron chi connectivity index (χ1n) is 5.94. The highest BCUT2D eigenvalue weighted by molar-refractivity contribution is 5.99. The number of amides is 3. The number of hydrogen-bond donors (Lipinski definition) is 1. The van der Waals surface area contributed by atoms with Crippen molar-refractivity contribution in [3.05, 3.63) is 0 Å². The Labute approximate surface area is 114 Å². The van der Waals surface area contributed by atoms with Crippen molar-refractivity contribution < 1.29 is 14.3 Å². The zero-order chi connectivity index (χ0) is 15.2. The third-order valence-electron chi connectivity index (χ3n) is 2.14. The molecule has 0 bridgehead atoms. The minimum Gasteiger partial charge on any atom is -0.451 e. The van der Waals surface area contributed by atoms with Crippen LogP contribution in [0.5, 0.6) is 0 Å². The van der Waals surface area contributed by atoms with E-state index in [1.54, 1.807) is 26.0 Å². The Morgan fingerprint density at radius 1 is 1.21 bits per heavy atom. The van der Waals surface area contributed by atoms with Gasteiger partial charge in [-0.3, -0.25) is 4.90 Å². The molecule has 0 aliphatic heterocycles. The lowest BCUT2D eigenvalue weighted by molar-refractivity contribution is 0.181. The van der Waals surface area contributed by atoms with Crippen LogP contribution in [-0.2, 0) is 4.74 Å². The van der Waals surface area contributed by atoms with Gasteiger partial charge in [0.05, 0.1) is 7.11 Å². The highest BCUT2D eigenvalue weighted by Crippen LogP contribution is 2.10. The van der Waals surface area contributed by atoms with Gasteiger partial charge in [-0.25, -0.2) is 9.59 Å². The number of nitrogens with zero attached hydrogens (tertiary/aromatic N) is 3. The molecule has 0 saturated carbocycles. The summed E-state index contributed by atoms with van der Waals surface area (Å²) in [6, 6.07) is -0.328. The topological polar surface area (TPSA) is 74.2 Å². The summed E-state index contributed by atoms with van der Waals surface area (Å²) < 4.78 is 4.46.